The molecule has 0 fully saturated rings. The van der Waals surface area contributed by atoms with Gasteiger partial charge in [-0.3, -0.25) is 9.97 Å². The van der Waals surface area contributed by atoms with Gasteiger partial charge in [-0.2, -0.15) is 0 Å². The maximum absolute atomic E-state index is 13.8. The average molecular weight is 281 g/mol. The molecule has 0 aliphatic heterocycles. The van der Waals surface area contributed by atoms with Crippen molar-refractivity contribution in [3.8, 4) is 11.3 Å². The first kappa shape index (κ1) is 13.6. The molecule has 3 rings (SSSR count). The van der Waals surface area contributed by atoms with Gasteiger partial charge in [-0.1, -0.05) is 6.07 Å². The second-order valence-corrected chi connectivity index (χ2v) is 5.21. The molecule has 0 aliphatic rings. The summed E-state index contributed by atoms with van der Waals surface area (Å²) in [4.78, 5) is 8.85. The zero-order chi connectivity index (χ0) is 15.0. The lowest BCUT2D eigenvalue weighted by molar-refractivity contribution is 0.628. The second-order valence-electron chi connectivity index (χ2n) is 5.21. The standard InChI is InChI=1S/C17H16FN3/c1-10-7-12(18)8-13-16(15-5-3-4-6-20-15)14(11(2)19)9-21-17(10)13/h3-9,11H,19H2,1-2H3/t11-/m0/s1. The molecule has 2 heterocycles. The van der Waals surface area contributed by atoms with Crippen molar-refractivity contribution in [2.24, 2.45) is 5.73 Å². The number of aryl methyl sites for hydroxylation is 1. The predicted molar refractivity (Wildman–Crippen MR) is 82.3 cm³/mol. The number of hydrogen-bond acceptors (Lipinski definition) is 3. The zero-order valence-corrected chi connectivity index (χ0v) is 12.0. The molecule has 0 unspecified atom stereocenters. The van der Waals surface area contributed by atoms with Crippen molar-refractivity contribution in [2.75, 3.05) is 0 Å². The van der Waals surface area contributed by atoms with Crippen LogP contribution in [0.1, 0.15) is 24.1 Å². The third-order valence-corrected chi connectivity index (χ3v) is 3.57. The van der Waals surface area contributed by atoms with Crippen LogP contribution in [0.15, 0.2) is 42.7 Å². The summed E-state index contributed by atoms with van der Waals surface area (Å²) >= 11 is 0. The van der Waals surface area contributed by atoms with E-state index in [1.54, 1.807) is 12.4 Å². The molecule has 0 aliphatic carbocycles. The van der Waals surface area contributed by atoms with E-state index in [9.17, 15) is 4.39 Å². The number of nitrogens with zero attached hydrogens (tertiary/aromatic N) is 2. The summed E-state index contributed by atoms with van der Waals surface area (Å²) in [5, 5.41) is 0.751. The Bertz CT molecular complexity index is 798. The highest BCUT2D eigenvalue weighted by Crippen LogP contribution is 2.33. The largest absolute Gasteiger partial charge is 0.324 e. The van der Waals surface area contributed by atoms with E-state index in [2.05, 4.69) is 9.97 Å². The highest BCUT2D eigenvalue weighted by Gasteiger charge is 2.16. The van der Waals surface area contributed by atoms with Crippen LogP contribution in [0.2, 0.25) is 0 Å². The first-order valence-electron chi connectivity index (χ1n) is 6.83. The van der Waals surface area contributed by atoms with Gasteiger partial charge in [0.05, 0.1) is 11.2 Å². The summed E-state index contributed by atoms with van der Waals surface area (Å²) in [5.41, 5.74) is 10.1. The molecule has 0 spiro atoms. The van der Waals surface area contributed by atoms with Crippen LogP contribution in [0.25, 0.3) is 22.2 Å². The van der Waals surface area contributed by atoms with E-state index in [0.717, 1.165) is 33.3 Å². The molecule has 0 saturated carbocycles. The topological polar surface area (TPSA) is 51.8 Å². The molecule has 0 radical (unpaired) electrons. The molecule has 106 valence electrons. The number of aromatic nitrogens is 2. The lowest BCUT2D eigenvalue weighted by atomic mass is 9.95. The van der Waals surface area contributed by atoms with Crippen molar-refractivity contribution in [3.05, 3.63) is 59.7 Å². The van der Waals surface area contributed by atoms with Crippen LogP contribution >= 0.6 is 0 Å². The van der Waals surface area contributed by atoms with Gasteiger partial charge in [-0.25, -0.2) is 4.39 Å². The Kier molecular flexibility index (Phi) is 3.39. The number of nitrogens with two attached hydrogens (primary N) is 1. The monoisotopic (exact) mass is 281 g/mol. The normalized spacial score (nSPS) is 12.6. The number of benzene rings is 1. The molecule has 3 aromatic rings. The van der Waals surface area contributed by atoms with Gasteiger partial charge in [0.15, 0.2) is 0 Å². The Balaban J connectivity index is 2.45. The van der Waals surface area contributed by atoms with Crippen LogP contribution in [-0.4, -0.2) is 9.97 Å². The fraction of sp³-hybridized carbons (Fsp3) is 0.176. The second kappa shape index (κ2) is 5.22. The van der Waals surface area contributed by atoms with Gasteiger partial charge in [0.1, 0.15) is 5.82 Å². The molecule has 2 aromatic heterocycles. The van der Waals surface area contributed by atoms with Crippen LogP contribution in [0.4, 0.5) is 4.39 Å². The molecule has 4 heteroatoms. The van der Waals surface area contributed by atoms with E-state index in [0.29, 0.717) is 0 Å². The minimum Gasteiger partial charge on any atom is -0.324 e. The van der Waals surface area contributed by atoms with E-state index in [1.165, 1.54) is 12.1 Å². The fourth-order valence-electron chi connectivity index (χ4n) is 2.59. The Hall–Kier alpha value is -2.33. The highest BCUT2D eigenvalue weighted by atomic mass is 19.1. The number of halogens is 1. The molecule has 1 atom stereocenters. The summed E-state index contributed by atoms with van der Waals surface area (Å²) in [6.45, 7) is 3.74. The number of pyridine rings is 2. The Morgan fingerprint density at radius 3 is 2.67 bits per heavy atom. The molecular formula is C17H16FN3. The van der Waals surface area contributed by atoms with Crippen LogP contribution in [0, 0.1) is 12.7 Å². The van der Waals surface area contributed by atoms with Gasteiger partial charge >= 0.3 is 0 Å². The quantitative estimate of drug-likeness (QED) is 0.778. The van der Waals surface area contributed by atoms with E-state index in [4.69, 9.17) is 5.73 Å². The van der Waals surface area contributed by atoms with Gasteiger partial charge < -0.3 is 5.73 Å². The summed E-state index contributed by atoms with van der Waals surface area (Å²) in [7, 11) is 0. The number of fused-ring (bicyclic) bond motifs is 1. The number of hydrogen-bond donors (Lipinski definition) is 1. The van der Waals surface area contributed by atoms with E-state index in [1.807, 2.05) is 32.0 Å². The fourth-order valence-corrected chi connectivity index (χ4v) is 2.59. The van der Waals surface area contributed by atoms with Crippen LogP contribution < -0.4 is 5.73 Å². The van der Waals surface area contributed by atoms with Crippen molar-refractivity contribution in [3.63, 3.8) is 0 Å². The molecule has 0 amide bonds. The number of rotatable bonds is 2. The molecular weight excluding hydrogens is 265 g/mol. The SMILES string of the molecule is Cc1cc(F)cc2c(-c3ccccn3)c([C@H](C)N)cnc12. The molecule has 2 N–H and O–H groups in total. The van der Waals surface area contributed by atoms with Gasteiger partial charge in [-0.05, 0) is 49.2 Å². The Labute approximate surface area is 122 Å². The smallest absolute Gasteiger partial charge is 0.124 e. The molecule has 0 bridgehead atoms. The zero-order valence-electron chi connectivity index (χ0n) is 12.0. The lowest BCUT2D eigenvalue weighted by Crippen LogP contribution is -2.08. The van der Waals surface area contributed by atoms with Crippen LogP contribution in [0.3, 0.4) is 0 Å². The first-order chi connectivity index (χ1) is 10.1. The molecule has 0 saturated heterocycles. The van der Waals surface area contributed by atoms with Crippen molar-refractivity contribution >= 4 is 10.9 Å². The van der Waals surface area contributed by atoms with Gasteiger partial charge in [0.25, 0.3) is 0 Å². The predicted octanol–water partition coefficient (Wildman–Crippen LogP) is 3.76. The first-order valence-corrected chi connectivity index (χ1v) is 6.83. The average Bonchev–Trinajstić information content (AvgIpc) is 2.46. The summed E-state index contributed by atoms with van der Waals surface area (Å²) in [5.74, 6) is -0.277. The van der Waals surface area contributed by atoms with Gasteiger partial charge in [0.2, 0.25) is 0 Å². The van der Waals surface area contributed by atoms with E-state index in [-0.39, 0.29) is 11.9 Å². The van der Waals surface area contributed by atoms with Crippen molar-refractivity contribution in [1.82, 2.24) is 9.97 Å². The van der Waals surface area contributed by atoms with Gasteiger partial charge in [0, 0.05) is 29.4 Å². The van der Waals surface area contributed by atoms with E-state index < -0.39 is 0 Å². The summed E-state index contributed by atoms with van der Waals surface area (Å²) < 4.78 is 13.8. The van der Waals surface area contributed by atoms with Crippen molar-refractivity contribution < 1.29 is 4.39 Å². The van der Waals surface area contributed by atoms with Crippen LogP contribution in [0.5, 0.6) is 0 Å². The molecule has 1 aromatic carbocycles. The molecule has 3 nitrogen and oxygen atoms in total. The third kappa shape index (κ3) is 2.38. The Morgan fingerprint density at radius 1 is 1.19 bits per heavy atom. The highest BCUT2D eigenvalue weighted by molar-refractivity contribution is 5.96. The minimum absolute atomic E-state index is 0.206. The van der Waals surface area contributed by atoms with Crippen molar-refractivity contribution in [1.29, 1.82) is 0 Å². The van der Waals surface area contributed by atoms with Crippen molar-refractivity contribution in [2.45, 2.75) is 19.9 Å². The molecule has 21 heavy (non-hydrogen) atoms. The summed E-state index contributed by atoms with van der Waals surface area (Å²) in [6, 6.07) is 8.45. The maximum Gasteiger partial charge on any atom is 0.124 e. The maximum atomic E-state index is 13.8. The van der Waals surface area contributed by atoms with Crippen LogP contribution in [-0.2, 0) is 0 Å². The van der Waals surface area contributed by atoms with E-state index >= 15 is 0 Å². The minimum atomic E-state index is -0.277. The Morgan fingerprint density at radius 2 is 2.00 bits per heavy atom. The lowest BCUT2D eigenvalue weighted by Gasteiger charge is -2.15. The third-order valence-electron chi connectivity index (χ3n) is 3.57. The summed E-state index contributed by atoms with van der Waals surface area (Å²) in [6.07, 6.45) is 3.49. The van der Waals surface area contributed by atoms with Gasteiger partial charge in [-0.15, -0.1) is 0 Å².